The molecule has 3 aromatic rings. The van der Waals surface area contributed by atoms with Crippen LogP contribution >= 0.6 is 22.6 Å². The van der Waals surface area contributed by atoms with Crippen molar-refractivity contribution in [2.45, 2.75) is 32.7 Å². The fraction of sp³-hybridized carbons (Fsp3) is 0.261. The number of rotatable bonds is 1. The van der Waals surface area contributed by atoms with Crippen LogP contribution in [0.15, 0.2) is 58.5 Å². The zero-order valence-corrected chi connectivity index (χ0v) is 17.5. The van der Waals surface area contributed by atoms with E-state index in [4.69, 9.17) is 4.42 Å². The van der Waals surface area contributed by atoms with Crippen LogP contribution < -0.4 is 5.32 Å². The molecular weight excluding hydrogens is 449 g/mol. The van der Waals surface area contributed by atoms with Gasteiger partial charge in [0.05, 0.1) is 0 Å². The van der Waals surface area contributed by atoms with Crippen molar-refractivity contribution in [1.82, 2.24) is 0 Å². The smallest absolute Gasteiger partial charge is 0.164 e. The Bertz CT molecular complexity index is 1120. The van der Waals surface area contributed by atoms with Crippen LogP contribution in [0.4, 0.5) is 5.69 Å². The molecule has 136 valence electrons. The summed E-state index contributed by atoms with van der Waals surface area (Å²) in [4.78, 5) is 13.2. The number of hydrogen-bond donors (Lipinski definition) is 1. The Hall–Kier alpha value is -2.08. The van der Waals surface area contributed by atoms with Crippen LogP contribution in [0.1, 0.15) is 44.1 Å². The van der Waals surface area contributed by atoms with Crippen molar-refractivity contribution in [2.75, 3.05) is 5.32 Å². The Morgan fingerprint density at radius 2 is 1.89 bits per heavy atom. The van der Waals surface area contributed by atoms with E-state index < -0.39 is 0 Å². The molecule has 0 saturated heterocycles. The van der Waals surface area contributed by atoms with E-state index in [1.807, 2.05) is 12.1 Å². The summed E-state index contributed by atoms with van der Waals surface area (Å²) in [7, 11) is 0. The van der Waals surface area contributed by atoms with Gasteiger partial charge in [-0.1, -0.05) is 44.2 Å². The lowest BCUT2D eigenvalue weighted by atomic mass is 9.68. The van der Waals surface area contributed by atoms with Gasteiger partial charge in [-0.25, -0.2) is 0 Å². The lowest BCUT2D eigenvalue weighted by molar-refractivity contribution is -0.118. The quantitative estimate of drug-likeness (QED) is 0.423. The van der Waals surface area contributed by atoms with E-state index in [2.05, 4.69) is 78.2 Å². The average molecular weight is 469 g/mol. The molecule has 0 radical (unpaired) electrons. The first-order chi connectivity index (χ1) is 12.9. The van der Waals surface area contributed by atoms with Gasteiger partial charge in [0, 0.05) is 23.2 Å². The first-order valence-electron chi connectivity index (χ1n) is 9.23. The van der Waals surface area contributed by atoms with Gasteiger partial charge in [0.2, 0.25) is 0 Å². The standard InChI is InChI=1S/C23H20INO2/c1-23(2)11-15-20-14-6-4-3-5-13(14)7-8-16(20)25-22(21(15)17(26)12-23)18-9-10-19(24)27-18/h3-10,22,25H,11-12H2,1-2H3/t22-/m1/s1. The van der Waals surface area contributed by atoms with Crippen LogP contribution in [0.5, 0.6) is 0 Å². The molecule has 3 nitrogen and oxygen atoms in total. The summed E-state index contributed by atoms with van der Waals surface area (Å²) in [5.74, 6) is 1.03. The molecule has 1 N–H and O–H groups in total. The molecule has 2 aromatic carbocycles. The summed E-state index contributed by atoms with van der Waals surface area (Å²) in [6.45, 7) is 4.37. The summed E-state index contributed by atoms with van der Waals surface area (Å²) in [6.07, 6.45) is 1.47. The van der Waals surface area contributed by atoms with E-state index in [1.54, 1.807) is 0 Å². The maximum atomic E-state index is 13.2. The summed E-state index contributed by atoms with van der Waals surface area (Å²) < 4.78 is 6.75. The van der Waals surface area contributed by atoms with E-state index in [1.165, 1.54) is 21.9 Å². The molecule has 2 aliphatic rings. The van der Waals surface area contributed by atoms with E-state index in [-0.39, 0.29) is 17.2 Å². The summed E-state index contributed by atoms with van der Waals surface area (Å²) >= 11 is 2.17. The number of allylic oxidation sites excluding steroid dienone is 1. The van der Waals surface area contributed by atoms with Gasteiger partial charge >= 0.3 is 0 Å². The van der Waals surface area contributed by atoms with Crippen molar-refractivity contribution in [3.05, 3.63) is 69.2 Å². The van der Waals surface area contributed by atoms with Gasteiger partial charge in [-0.15, -0.1) is 0 Å². The van der Waals surface area contributed by atoms with Gasteiger partial charge in [-0.05, 0) is 69.0 Å². The van der Waals surface area contributed by atoms with Gasteiger partial charge in [0.25, 0.3) is 0 Å². The third kappa shape index (κ3) is 2.73. The van der Waals surface area contributed by atoms with E-state index in [9.17, 15) is 4.79 Å². The molecule has 1 atom stereocenters. The number of fused-ring (bicyclic) bond motifs is 4. The summed E-state index contributed by atoms with van der Waals surface area (Å²) in [5.41, 5.74) is 4.28. The lowest BCUT2D eigenvalue weighted by Crippen LogP contribution is -2.33. The van der Waals surface area contributed by atoms with Gasteiger partial charge in [0.15, 0.2) is 9.55 Å². The predicted molar refractivity (Wildman–Crippen MR) is 117 cm³/mol. The predicted octanol–water partition coefficient (Wildman–Crippen LogP) is 6.35. The van der Waals surface area contributed by atoms with E-state index in [0.29, 0.717) is 6.42 Å². The van der Waals surface area contributed by atoms with Gasteiger partial charge < -0.3 is 9.73 Å². The van der Waals surface area contributed by atoms with Crippen molar-refractivity contribution >= 4 is 50.4 Å². The minimum atomic E-state index is -0.222. The van der Waals surface area contributed by atoms with Crippen molar-refractivity contribution in [3.63, 3.8) is 0 Å². The Labute approximate surface area is 172 Å². The SMILES string of the molecule is CC1(C)CC(=O)C2=C(C1)c1c(ccc3ccccc13)N[C@@H]2c1ccc(I)o1. The number of benzene rings is 2. The fourth-order valence-electron chi connectivity index (χ4n) is 4.53. The third-order valence-corrected chi connectivity index (χ3v) is 6.20. The highest BCUT2D eigenvalue weighted by molar-refractivity contribution is 14.1. The van der Waals surface area contributed by atoms with Crippen molar-refractivity contribution < 1.29 is 9.21 Å². The molecule has 1 aliphatic heterocycles. The molecule has 0 saturated carbocycles. The minimum absolute atomic E-state index is 0.0381. The number of furan rings is 1. The first kappa shape index (κ1) is 17.0. The van der Waals surface area contributed by atoms with E-state index >= 15 is 0 Å². The second-order valence-electron chi connectivity index (χ2n) is 8.26. The highest BCUT2D eigenvalue weighted by atomic mass is 127. The third-order valence-electron chi connectivity index (χ3n) is 5.62. The Balaban J connectivity index is 1.81. The van der Waals surface area contributed by atoms with Crippen LogP contribution in [-0.4, -0.2) is 5.78 Å². The van der Waals surface area contributed by atoms with Crippen molar-refractivity contribution in [3.8, 4) is 0 Å². The molecule has 4 heteroatoms. The highest BCUT2D eigenvalue weighted by Gasteiger charge is 2.41. The second kappa shape index (κ2) is 5.96. The summed E-state index contributed by atoms with van der Waals surface area (Å²) in [5, 5.41) is 6.00. The molecular formula is C23H20INO2. The number of carbonyl (C=O) groups excluding carboxylic acids is 1. The van der Waals surface area contributed by atoms with E-state index in [0.717, 1.165) is 27.2 Å². The maximum absolute atomic E-state index is 13.2. The van der Waals surface area contributed by atoms with Gasteiger partial charge in [0.1, 0.15) is 11.8 Å². The van der Waals surface area contributed by atoms with Crippen molar-refractivity contribution in [2.24, 2.45) is 5.41 Å². The van der Waals surface area contributed by atoms with Crippen molar-refractivity contribution in [1.29, 1.82) is 0 Å². The lowest BCUT2D eigenvalue weighted by Gasteiger charge is -2.39. The zero-order chi connectivity index (χ0) is 18.8. The maximum Gasteiger partial charge on any atom is 0.164 e. The summed E-state index contributed by atoms with van der Waals surface area (Å²) in [6, 6.07) is 16.4. The number of carbonyl (C=O) groups is 1. The Morgan fingerprint density at radius 1 is 1.07 bits per heavy atom. The molecule has 0 fully saturated rings. The number of ketones is 1. The monoisotopic (exact) mass is 469 g/mol. The molecule has 0 unspecified atom stereocenters. The number of halogens is 1. The molecule has 1 aliphatic carbocycles. The van der Waals surface area contributed by atoms with Crippen LogP contribution in [0, 0.1) is 9.18 Å². The number of hydrogen-bond acceptors (Lipinski definition) is 3. The molecule has 5 rings (SSSR count). The zero-order valence-electron chi connectivity index (χ0n) is 15.3. The largest absolute Gasteiger partial charge is 0.453 e. The highest BCUT2D eigenvalue weighted by Crippen LogP contribution is 2.52. The number of nitrogens with one attached hydrogen (secondary N) is 1. The number of anilines is 1. The first-order valence-corrected chi connectivity index (χ1v) is 10.3. The topological polar surface area (TPSA) is 42.2 Å². The molecule has 27 heavy (non-hydrogen) atoms. The van der Waals surface area contributed by atoms with Crippen LogP contribution in [-0.2, 0) is 4.79 Å². The number of Topliss-reactive ketones (excluding diaryl/α,β-unsaturated/α-hetero) is 1. The van der Waals surface area contributed by atoms with Crippen LogP contribution in [0.2, 0.25) is 0 Å². The van der Waals surface area contributed by atoms with Gasteiger partial charge in [-0.2, -0.15) is 0 Å². The van der Waals surface area contributed by atoms with Gasteiger partial charge in [-0.3, -0.25) is 4.79 Å². The molecule has 1 aromatic heterocycles. The molecule has 0 bridgehead atoms. The normalized spacial score (nSPS) is 21.0. The fourth-order valence-corrected chi connectivity index (χ4v) is 4.97. The Kier molecular flexibility index (Phi) is 3.76. The second-order valence-corrected chi connectivity index (χ2v) is 9.32. The molecule has 0 spiro atoms. The minimum Gasteiger partial charge on any atom is -0.453 e. The van der Waals surface area contributed by atoms with Crippen LogP contribution in [0.3, 0.4) is 0 Å². The Morgan fingerprint density at radius 3 is 2.67 bits per heavy atom. The van der Waals surface area contributed by atoms with Crippen LogP contribution in [0.25, 0.3) is 16.3 Å². The molecule has 2 heterocycles. The molecule has 0 amide bonds. The average Bonchev–Trinajstić information content (AvgIpc) is 3.05.